The van der Waals surface area contributed by atoms with Gasteiger partial charge in [-0.3, -0.25) is 0 Å². The molecule has 15 heavy (non-hydrogen) atoms. The third-order valence-electron chi connectivity index (χ3n) is 2.85. The molecule has 2 radical (unpaired) electrons. The van der Waals surface area contributed by atoms with E-state index in [0.29, 0.717) is 5.92 Å². The van der Waals surface area contributed by atoms with Crippen LogP contribution < -0.4 is 0 Å². The Bertz CT molecular complexity index is 253. The fraction of sp³-hybridized carbons (Fsp3) is 0.571. The molecule has 1 aromatic rings. The van der Waals surface area contributed by atoms with E-state index in [1.165, 1.54) is 18.4 Å². The summed E-state index contributed by atoms with van der Waals surface area (Å²) in [5, 5.41) is 0. The van der Waals surface area contributed by atoms with Gasteiger partial charge in [0.25, 0.3) is 0 Å². The first-order chi connectivity index (χ1) is 7.22. The van der Waals surface area contributed by atoms with Gasteiger partial charge in [-0.2, -0.15) is 0 Å². The highest BCUT2D eigenvalue weighted by molar-refractivity contribution is 6.08. The largest absolute Gasteiger partial charge is 0.0856 e. The minimum atomic E-state index is 0.648. The van der Waals surface area contributed by atoms with Crippen LogP contribution >= 0.6 is 0 Å². The highest BCUT2D eigenvalue weighted by Crippen LogP contribution is 2.19. The lowest BCUT2D eigenvalue weighted by Crippen LogP contribution is -2.05. The van der Waals surface area contributed by atoms with Gasteiger partial charge in [0.05, 0.1) is 7.85 Å². The van der Waals surface area contributed by atoms with Crippen LogP contribution in [0, 0.1) is 11.8 Å². The van der Waals surface area contributed by atoms with Crippen LogP contribution in [0.25, 0.3) is 0 Å². The quantitative estimate of drug-likeness (QED) is 0.611. The van der Waals surface area contributed by atoms with E-state index in [1.807, 2.05) is 0 Å². The van der Waals surface area contributed by atoms with Crippen molar-refractivity contribution >= 4 is 7.85 Å². The second-order valence-electron chi connectivity index (χ2n) is 4.76. The van der Waals surface area contributed by atoms with Crippen LogP contribution in [0.2, 0.25) is 6.32 Å². The maximum absolute atomic E-state index is 5.81. The molecule has 0 N–H and O–H groups in total. The molecule has 0 saturated carbocycles. The summed E-state index contributed by atoms with van der Waals surface area (Å²) in [6.45, 7) is 4.55. The summed E-state index contributed by atoms with van der Waals surface area (Å²) >= 11 is 0. The molecule has 0 aromatic heterocycles. The van der Waals surface area contributed by atoms with Gasteiger partial charge in [-0.15, -0.1) is 0 Å². The zero-order chi connectivity index (χ0) is 11.1. The van der Waals surface area contributed by atoms with Crippen molar-refractivity contribution < 1.29 is 0 Å². The predicted octanol–water partition coefficient (Wildman–Crippen LogP) is 3.87. The minimum absolute atomic E-state index is 0.648. The van der Waals surface area contributed by atoms with Crippen molar-refractivity contribution in [3.05, 3.63) is 35.9 Å². The maximum Gasteiger partial charge on any atom is 0.0656 e. The summed E-state index contributed by atoms with van der Waals surface area (Å²) in [6.07, 6.45) is 4.48. The Morgan fingerprint density at radius 2 is 1.73 bits per heavy atom. The first kappa shape index (κ1) is 12.4. The first-order valence-electron chi connectivity index (χ1n) is 5.96. The standard InChI is InChI=1S/C14H21B/c1-12(2)8-9-14(11-15)10-13-6-4-3-5-7-13/h3-7,12,14H,8-11H2,1-2H3. The lowest BCUT2D eigenvalue weighted by molar-refractivity contribution is 0.448. The van der Waals surface area contributed by atoms with Crippen molar-refractivity contribution in [2.45, 2.75) is 39.4 Å². The van der Waals surface area contributed by atoms with E-state index in [1.54, 1.807) is 0 Å². The molecule has 1 rings (SSSR count). The molecule has 0 spiro atoms. The SMILES string of the molecule is [B]CC(CCC(C)C)Cc1ccccc1. The molecule has 0 nitrogen and oxygen atoms in total. The minimum Gasteiger partial charge on any atom is -0.0856 e. The number of benzene rings is 1. The molecule has 0 amide bonds. The van der Waals surface area contributed by atoms with E-state index >= 15 is 0 Å². The molecule has 1 unspecified atom stereocenters. The molecule has 1 aromatic carbocycles. The van der Waals surface area contributed by atoms with Crippen LogP contribution in [-0.2, 0) is 6.42 Å². The Balaban J connectivity index is 2.40. The summed E-state index contributed by atoms with van der Waals surface area (Å²) in [7, 11) is 5.81. The summed E-state index contributed by atoms with van der Waals surface area (Å²) < 4.78 is 0. The molecule has 0 aliphatic carbocycles. The van der Waals surface area contributed by atoms with Crippen molar-refractivity contribution in [3.63, 3.8) is 0 Å². The average Bonchev–Trinajstić information content (AvgIpc) is 2.25. The van der Waals surface area contributed by atoms with E-state index in [4.69, 9.17) is 7.85 Å². The topological polar surface area (TPSA) is 0 Å². The lowest BCUT2D eigenvalue weighted by atomic mass is 9.82. The fourth-order valence-electron chi connectivity index (χ4n) is 1.82. The van der Waals surface area contributed by atoms with E-state index in [2.05, 4.69) is 44.2 Å². The summed E-state index contributed by atoms with van der Waals surface area (Å²) in [6, 6.07) is 10.7. The van der Waals surface area contributed by atoms with Crippen LogP contribution in [0.3, 0.4) is 0 Å². The van der Waals surface area contributed by atoms with Gasteiger partial charge in [0.1, 0.15) is 0 Å². The highest BCUT2D eigenvalue weighted by atomic mass is 14.1. The third kappa shape index (κ3) is 5.06. The van der Waals surface area contributed by atoms with E-state index in [-0.39, 0.29) is 0 Å². The van der Waals surface area contributed by atoms with Gasteiger partial charge in [0, 0.05) is 0 Å². The Kier molecular flexibility index (Phi) is 5.53. The molecule has 0 fully saturated rings. The van der Waals surface area contributed by atoms with Crippen molar-refractivity contribution in [2.75, 3.05) is 0 Å². The van der Waals surface area contributed by atoms with Crippen molar-refractivity contribution in [2.24, 2.45) is 11.8 Å². The van der Waals surface area contributed by atoms with Crippen molar-refractivity contribution in [1.29, 1.82) is 0 Å². The zero-order valence-corrected chi connectivity index (χ0v) is 9.95. The first-order valence-corrected chi connectivity index (χ1v) is 5.96. The Hall–Kier alpha value is -0.715. The molecule has 0 aliphatic heterocycles. The van der Waals surface area contributed by atoms with Crippen LogP contribution in [0.15, 0.2) is 30.3 Å². The monoisotopic (exact) mass is 200 g/mol. The second kappa shape index (κ2) is 6.71. The Labute approximate surface area is 95.5 Å². The summed E-state index contributed by atoms with van der Waals surface area (Å²) in [5.41, 5.74) is 1.41. The fourth-order valence-corrected chi connectivity index (χ4v) is 1.82. The van der Waals surface area contributed by atoms with Gasteiger partial charge >= 0.3 is 0 Å². The molecule has 0 aliphatic rings. The highest BCUT2D eigenvalue weighted by Gasteiger charge is 2.07. The van der Waals surface area contributed by atoms with E-state index in [9.17, 15) is 0 Å². The second-order valence-corrected chi connectivity index (χ2v) is 4.76. The smallest absolute Gasteiger partial charge is 0.0656 e. The maximum atomic E-state index is 5.81. The molecule has 0 saturated heterocycles. The molecule has 1 heteroatoms. The van der Waals surface area contributed by atoms with Gasteiger partial charge in [0.2, 0.25) is 0 Å². The zero-order valence-electron chi connectivity index (χ0n) is 9.95. The van der Waals surface area contributed by atoms with Crippen molar-refractivity contribution in [1.82, 2.24) is 0 Å². The summed E-state index contributed by atoms with van der Waals surface area (Å²) in [4.78, 5) is 0. The van der Waals surface area contributed by atoms with Crippen LogP contribution in [0.1, 0.15) is 32.3 Å². The van der Waals surface area contributed by atoms with E-state index in [0.717, 1.165) is 18.7 Å². The van der Waals surface area contributed by atoms with Crippen LogP contribution in [0.5, 0.6) is 0 Å². The van der Waals surface area contributed by atoms with Gasteiger partial charge < -0.3 is 0 Å². The number of rotatable bonds is 6. The molecule has 0 heterocycles. The predicted molar refractivity (Wildman–Crippen MR) is 68.3 cm³/mol. The molecule has 1 atom stereocenters. The van der Waals surface area contributed by atoms with Gasteiger partial charge in [0.15, 0.2) is 0 Å². The lowest BCUT2D eigenvalue weighted by Gasteiger charge is -2.16. The third-order valence-corrected chi connectivity index (χ3v) is 2.85. The van der Waals surface area contributed by atoms with Gasteiger partial charge in [-0.05, 0) is 23.8 Å². The Morgan fingerprint density at radius 3 is 2.27 bits per heavy atom. The molecular weight excluding hydrogens is 179 g/mol. The molecule has 0 bridgehead atoms. The van der Waals surface area contributed by atoms with Crippen molar-refractivity contribution in [3.8, 4) is 0 Å². The van der Waals surface area contributed by atoms with E-state index < -0.39 is 0 Å². The number of hydrogen-bond donors (Lipinski definition) is 0. The molecule has 80 valence electrons. The van der Waals surface area contributed by atoms with Gasteiger partial charge in [-0.1, -0.05) is 63.3 Å². The normalized spacial score (nSPS) is 13.0. The summed E-state index contributed by atoms with van der Waals surface area (Å²) in [5.74, 6) is 1.43. The van der Waals surface area contributed by atoms with Crippen LogP contribution in [-0.4, -0.2) is 7.85 Å². The number of hydrogen-bond acceptors (Lipinski definition) is 0. The average molecular weight is 200 g/mol. The Morgan fingerprint density at radius 1 is 1.07 bits per heavy atom. The van der Waals surface area contributed by atoms with Gasteiger partial charge in [-0.25, -0.2) is 0 Å². The molecular formula is C14H21B. The van der Waals surface area contributed by atoms with Crippen LogP contribution in [0.4, 0.5) is 0 Å².